The number of benzene rings is 1. The van der Waals surface area contributed by atoms with Crippen LogP contribution in [0.2, 0.25) is 0 Å². The number of nitrogens with one attached hydrogen (secondary N) is 2. The summed E-state index contributed by atoms with van der Waals surface area (Å²) in [5.41, 5.74) is 2.66. The lowest BCUT2D eigenvalue weighted by atomic mass is 10.1. The number of amides is 3. The van der Waals surface area contributed by atoms with E-state index in [1.54, 1.807) is 37.5 Å². The Labute approximate surface area is 148 Å². The molecule has 0 radical (unpaired) electrons. The topological polar surface area (TPSA) is 74.3 Å². The van der Waals surface area contributed by atoms with Crippen LogP contribution in [0.4, 0.5) is 4.79 Å². The van der Waals surface area contributed by atoms with Crippen molar-refractivity contribution in [3.05, 3.63) is 65.5 Å². The molecule has 0 saturated heterocycles. The molecule has 3 amide bonds. The third-order valence-electron chi connectivity index (χ3n) is 4.20. The zero-order valence-corrected chi connectivity index (χ0v) is 14.8. The summed E-state index contributed by atoms with van der Waals surface area (Å²) < 4.78 is 0. The first-order valence-electron chi connectivity index (χ1n) is 8.24. The number of rotatable bonds is 6. The maximum Gasteiger partial charge on any atom is 0.317 e. The fraction of sp³-hybridized carbons (Fsp3) is 0.316. The molecule has 0 spiro atoms. The van der Waals surface area contributed by atoms with E-state index in [1.165, 1.54) is 0 Å². The van der Waals surface area contributed by atoms with E-state index in [2.05, 4.69) is 15.6 Å². The van der Waals surface area contributed by atoms with E-state index in [4.69, 9.17) is 0 Å². The standard InChI is InChI=1S/C19H24N4O2/c1-14(16-8-10-21-11-9-16)23(3)19(25)22-12-7-15-5-4-6-17(13-15)18(24)20-2/h4-6,8-11,13-14H,7,12H2,1-3H3,(H,20,24)(H,22,25)/t14-/m1/s1. The number of nitrogens with zero attached hydrogens (tertiary/aromatic N) is 2. The van der Waals surface area contributed by atoms with Crippen molar-refractivity contribution in [1.29, 1.82) is 0 Å². The molecule has 132 valence electrons. The predicted molar refractivity (Wildman–Crippen MR) is 97.3 cm³/mol. The largest absolute Gasteiger partial charge is 0.355 e. The molecular formula is C19H24N4O2. The van der Waals surface area contributed by atoms with Gasteiger partial charge in [0.1, 0.15) is 0 Å². The van der Waals surface area contributed by atoms with E-state index in [-0.39, 0.29) is 18.0 Å². The van der Waals surface area contributed by atoms with Crippen LogP contribution in [0.3, 0.4) is 0 Å². The van der Waals surface area contributed by atoms with Crippen LogP contribution in [-0.2, 0) is 6.42 Å². The lowest BCUT2D eigenvalue weighted by Gasteiger charge is -2.25. The van der Waals surface area contributed by atoms with Gasteiger partial charge >= 0.3 is 6.03 Å². The molecular weight excluding hydrogens is 316 g/mol. The smallest absolute Gasteiger partial charge is 0.317 e. The lowest BCUT2D eigenvalue weighted by molar-refractivity contribution is 0.0963. The number of carbonyl (C=O) groups is 2. The van der Waals surface area contributed by atoms with Crippen molar-refractivity contribution in [3.63, 3.8) is 0 Å². The summed E-state index contributed by atoms with van der Waals surface area (Å²) >= 11 is 0. The second-order valence-corrected chi connectivity index (χ2v) is 5.83. The van der Waals surface area contributed by atoms with Gasteiger partial charge in [0.05, 0.1) is 6.04 Å². The summed E-state index contributed by atoms with van der Waals surface area (Å²) in [5.74, 6) is -0.114. The van der Waals surface area contributed by atoms with Crippen molar-refractivity contribution in [2.75, 3.05) is 20.6 Å². The van der Waals surface area contributed by atoms with E-state index in [0.29, 0.717) is 18.5 Å². The van der Waals surface area contributed by atoms with E-state index < -0.39 is 0 Å². The van der Waals surface area contributed by atoms with Gasteiger partial charge in [-0.2, -0.15) is 0 Å². The SMILES string of the molecule is CNC(=O)c1cccc(CCNC(=O)N(C)[C@H](C)c2ccncc2)c1. The summed E-state index contributed by atoms with van der Waals surface area (Å²) in [6.07, 6.45) is 4.10. The molecule has 2 rings (SSSR count). The summed E-state index contributed by atoms with van der Waals surface area (Å²) in [6.45, 7) is 2.48. The van der Waals surface area contributed by atoms with Gasteiger partial charge < -0.3 is 15.5 Å². The fourth-order valence-corrected chi connectivity index (χ4v) is 2.49. The van der Waals surface area contributed by atoms with E-state index in [9.17, 15) is 9.59 Å². The van der Waals surface area contributed by atoms with Crippen LogP contribution in [0.1, 0.15) is 34.5 Å². The number of hydrogen-bond donors (Lipinski definition) is 2. The molecule has 25 heavy (non-hydrogen) atoms. The second kappa shape index (κ2) is 8.82. The van der Waals surface area contributed by atoms with Gasteiger partial charge in [0, 0.05) is 38.6 Å². The van der Waals surface area contributed by atoms with Crippen molar-refractivity contribution in [1.82, 2.24) is 20.5 Å². The van der Waals surface area contributed by atoms with Crippen molar-refractivity contribution in [2.24, 2.45) is 0 Å². The normalized spacial score (nSPS) is 11.5. The van der Waals surface area contributed by atoms with Crippen molar-refractivity contribution >= 4 is 11.9 Å². The molecule has 0 unspecified atom stereocenters. The highest BCUT2D eigenvalue weighted by Gasteiger charge is 2.16. The number of urea groups is 1. The van der Waals surface area contributed by atoms with Gasteiger partial charge in [-0.05, 0) is 48.7 Å². The maximum absolute atomic E-state index is 12.3. The van der Waals surface area contributed by atoms with Gasteiger partial charge in [-0.1, -0.05) is 12.1 Å². The van der Waals surface area contributed by atoms with Gasteiger partial charge in [0.2, 0.25) is 0 Å². The Morgan fingerprint density at radius 2 is 1.92 bits per heavy atom. The highest BCUT2D eigenvalue weighted by atomic mass is 16.2. The predicted octanol–water partition coefficient (Wildman–Crippen LogP) is 2.39. The molecule has 0 fully saturated rings. The molecule has 0 saturated carbocycles. The van der Waals surface area contributed by atoms with Gasteiger partial charge in [-0.15, -0.1) is 0 Å². The van der Waals surface area contributed by atoms with Crippen LogP contribution in [0.15, 0.2) is 48.8 Å². The maximum atomic E-state index is 12.3. The molecule has 0 bridgehead atoms. The van der Waals surface area contributed by atoms with Crippen LogP contribution in [0.5, 0.6) is 0 Å². The summed E-state index contributed by atoms with van der Waals surface area (Å²) in [6, 6.07) is 11.0. The minimum Gasteiger partial charge on any atom is -0.355 e. The summed E-state index contributed by atoms with van der Waals surface area (Å²) in [7, 11) is 3.38. The first-order chi connectivity index (χ1) is 12.0. The third kappa shape index (κ3) is 5.04. The van der Waals surface area contributed by atoms with Gasteiger partial charge in [0.25, 0.3) is 5.91 Å². The highest BCUT2D eigenvalue weighted by Crippen LogP contribution is 2.17. The summed E-state index contributed by atoms with van der Waals surface area (Å²) in [4.78, 5) is 29.6. The number of carbonyl (C=O) groups excluding carboxylic acids is 2. The molecule has 0 aliphatic carbocycles. The van der Waals surface area contributed by atoms with Crippen LogP contribution >= 0.6 is 0 Å². The van der Waals surface area contributed by atoms with Gasteiger partial charge in [-0.3, -0.25) is 9.78 Å². The van der Waals surface area contributed by atoms with Crippen molar-refractivity contribution < 1.29 is 9.59 Å². The van der Waals surface area contributed by atoms with Crippen LogP contribution in [0.25, 0.3) is 0 Å². The minimum atomic E-state index is -0.133. The molecule has 1 aromatic heterocycles. The Bertz CT molecular complexity index is 718. The molecule has 6 heteroatoms. The number of pyridine rings is 1. The summed E-state index contributed by atoms with van der Waals surface area (Å²) in [5, 5.41) is 5.52. The van der Waals surface area contributed by atoms with Crippen LogP contribution < -0.4 is 10.6 Å². The Morgan fingerprint density at radius 1 is 1.20 bits per heavy atom. The zero-order chi connectivity index (χ0) is 18.2. The van der Waals surface area contributed by atoms with Crippen LogP contribution in [-0.4, -0.2) is 42.5 Å². The van der Waals surface area contributed by atoms with Crippen molar-refractivity contribution in [3.8, 4) is 0 Å². The Kier molecular flexibility index (Phi) is 6.51. The Morgan fingerprint density at radius 3 is 2.60 bits per heavy atom. The fourth-order valence-electron chi connectivity index (χ4n) is 2.49. The average molecular weight is 340 g/mol. The molecule has 1 heterocycles. The first-order valence-corrected chi connectivity index (χ1v) is 8.24. The second-order valence-electron chi connectivity index (χ2n) is 5.83. The number of aromatic nitrogens is 1. The zero-order valence-electron chi connectivity index (χ0n) is 14.8. The quantitative estimate of drug-likeness (QED) is 0.848. The molecule has 0 aliphatic heterocycles. The average Bonchev–Trinajstić information content (AvgIpc) is 2.67. The molecule has 6 nitrogen and oxygen atoms in total. The highest BCUT2D eigenvalue weighted by molar-refractivity contribution is 5.94. The van der Waals surface area contributed by atoms with Gasteiger partial charge in [0.15, 0.2) is 0 Å². The van der Waals surface area contributed by atoms with E-state index in [1.807, 2.05) is 37.3 Å². The lowest BCUT2D eigenvalue weighted by Crippen LogP contribution is -2.39. The third-order valence-corrected chi connectivity index (χ3v) is 4.20. The Hall–Kier alpha value is -2.89. The first kappa shape index (κ1) is 18.4. The van der Waals surface area contributed by atoms with E-state index in [0.717, 1.165) is 11.1 Å². The number of hydrogen-bond acceptors (Lipinski definition) is 3. The molecule has 1 atom stereocenters. The monoisotopic (exact) mass is 340 g/mol. The van der Waals surface area contributed by atoms with E-state index >= 15 is 0 Å². The van der Waals surface area contributed by atoms with Crippen molar-refractivity contribution in [2.45, 2.75) is 19.4 Å². The molecule has 1 aromatic carbocycles. The minimum absolute atomic E-state index is 0.0421. The molecule has 2 N–H and O–H groups in total. The molecule has 2 aromatic rings. The van der Waals surface area contributed by atoms with Crippen LogP contribution in [0, 0.1) is 0 Å². The molecule has 0 aliphatic rings. The Balaban J connectivity index is 1.87. The van der Waals surface area contributed by atoms with Gasteiger partial charge in [-0.25, -0.2) is 4.79 Å².